The summed E-state index contributed by atoms with van der Waals surface area (Å²) in [5.41, 5.74) is 0.399. The minimum Gasteiger partial charge on any atom is -0.313 e. The number of benzene rings is 1. The number of halogens is 3. The second-order valence-electron chi connectivity index (χ2n) is 5.76. The van der Waals surface area contributed by atoms with Crippen LogP contribution in [-0.2, 0) is 0 Å². The van der Waals surface area contributed by atoms with Crippen molar-refractivity contribution in [3.63, 3.8) is 0 Å². The minimum atomic E-state index is -0.550. The van der Waals surface area contributed by atoms with E-state index in [0.717, 1.165) is 25.3 Å². The lowest BCUT2D eigenvalue weighted by molar-refractivity contribution is 0.212. The molecule has 20 heavy (non-hydrogen) atoms. The smallest absolute Gasteiger partial charge is 0.142 e. The quantitative estimate of drug-likeness (QED) is 0.763. The molecule has 1 nitrogen and oxygen atoms in total. The van der Waals surface area contributed by atoms with Crippen LogP contribution in [0.15, 0.2) is 12.1 Å². The van der Waals surface area contributed by atoms with Gasteiger partial charge in [0.15, 0.2) is 0 Å². The molecule has 1 aliphatic rings. The SMILES string of the molecule is CCC1CCCC(C(NC)c2cc(F)c(Cl)cc2F)C1. The monoisotopic (exact) mass is 301 g/mol. The molecule has 4 heteroatoms. The van der Waals surface area contributed by atoms with Crippen LogP contribution in [0.1, 0.15) is 50.6 Å². The molecule has 0 spiro atoms. The van der Waals surface area contributed by atoms with Gasteiger partial charge in [0.1, 0.15) is 11.6 Å². The fourth-order valence-corrected chi connectivity index (χ4v) is 3.58. The van der Waals surface area contributed by atoms with Gasteiger partial charge in [0.2, 0.25) is 0 Å². The van der Waals surface area contributed by atoms with Gasteiger partial charge in [-0.2, -0.15) is 0 Å². The van der Waals surface area contributed by atoms with Gasteiger partial charge in [0.25, 0.3) is 0 Å². The van der Waals surface area contributed by atoms with E-state index in [9.17, 15) is 8.78 Å². The van der Waals surface area contributed by atoms with E-state index in [4.69, 9.17) is 11.6 Å². The summed E-state index contributed by atoms with van der Waals surface area (Å²) in [5.74, 6) is 0.0825. The molecule has 1 aliphatic carbocycles. The average molecular weight is 302 g/mol. The molecule has 112 valence electrons. The van der Waals surface area contributed by atoms with E-state index in [-0.39, 0.29) is 11.1 Å². The Morgan fingerprint density at radius 3 is 2.70 bits per heavy atom. The third-order valence-corrected chi connectivity index (χ3v) is 4.85. The van der Waals surface area contributed by atoms with Crippen LogP contribution in [0.25, 0.3) is 0 Å². The minimum absolute atomic E-state index is 0.142. The molecule has 0 radical (unpaired) electrons. The fourth-order valence-electron chi connectivity index (χ4n) is 3.43. The predicted octanol–water partition coefficient (Wildman–Crippen LogP) is 5.10. The number of nitrogens with one attached hydrogen (secondary N) is 1. The van der Waals surface area contributed by atoms with Crippen molar-refractivity contribution in [2.24, 2.45) is 11.8 Å². The van der Waals surface area contributed by atoms with Gasteiger partial charge >= 0.3 is 0 Å². The normalized spacial score (nSPS) is 24.6. The standard InChI is InChI=1S/C16H22ClF2N/c1-3-10-5-4-6-11(7-10)16(20-2)12-8-15(19)13(17)9-14(12)18/h8-11,16,20H,3-7H2,1-2H3. The van der Waals surface area contributed by atoms with E-state index in [1.807, 2.05) is 7.05 Å². The van der Waals surface area contributed by atoms with Crippen LogP contribution >= 0.6 is 11.6 Å². The number of hydrogen-bond donors (Lipinski definition) is 1. The summed E-state index contributed by atoms with van der Waals surface area (Å²) in [5, 5.41) is 3.01. The first-order chi connectivity index (χ1) is 9.56. The molecule has 0 amide bonds. The van der Waals surface area contributed by atoms with Crippen molar-refractivity contribution < 1.29 is 8.78 Å². The summed E-state index contributed by atoms with van der Waals surface area (Å²) in [6.45, 7) is 2.20. The number of rotatable bonds is 4. The van der Waals surface area contributed by atoms with Crippen molar-refractivity contribution in [3.8, 4) is 0 Å². The molecular formula is C16H22ClF2N. The van der Waals surface area contributed by atoms with Gasteiger partial charge in [0.05, 0.1) is 5.02 Å². The van der Waals surface area contributed by atoms with Gasteiger partial charge < -0.3 is 5.32 Å². The van der Waals surface area contributed by atoms with Crippen LogP contribution in [0, 0.1) is 23.5 Å². The van der Waals surface area contributed by atoms with Crippen LogP contribution in [0.5, 0.6) is 0 Å². The first kappa shape index (κ1) is 15.7. The molecule has 3 unspecified atom stereocenters. The first-order valence-corrected chi connectivity index (χ1v) is 7.76. The maximum atomic E-state index is 14.1. The van der Waals surface area contributed by atoms with E-state index >= 15 is 0 Å². The summed E-state index contributed by atoms with van der Waals surface area (Å²) in [4.78, 5) is 0. The molecule has 0 aliphatic heterocycles. The van der Waals surface area contributed by atoms with Gasteiger partial charge in [-0.05, 0) is 43.9 Å². The van der Waals surface area contributed by atoms with Crippen molar-refractivity contribution in [2.75, 3.05) is 7.05 Å². The Bertz CT molecular complexity index is 464. The zero-order valence-electron chi connectivity index (χ0n) is 12.1. The highest BCUT2D eigenvalue weighted by molar-refractivity contribution is 6.30. The van der Waals surface area contributed by atoms with Crippen molar-refractivity contribution in [1.29, 1.82) is 0 Å². The fraction of sp³-hybridized carbons (Fsp3) is 0.625. The van der Waals surface area contributed by atoms with Crippen LogP contribution in [0.3, 0.4) is 0 Å². The summed E-state index contributed by atoms with van der Waals surface area (Å²) in [7, 11) is 1.81. The molecule has 1 aromatic carbocycles. The Hall–Kier alpha value is -0.670. The van der Waals surface area contributed by atoms with Gasteiger partial charge in [-0.15, -0.1) is 0 Å². The van der Waals surface area contributed by atoms with Gasteiger partial charge in [-0.3, -0.25) is 0 Å². The van der Waals surface area contributed by atoms with E-state index in [0.29, 0.717) is 17.4 Å². The average Bonchev–Trinajstić information content (AvgIpc) is 2.45. The van der Waals surface area contributed by atoms with Crippen molar-refractivity contribution >= 4 is 11.6 Å². The lowest BCUT2D eigenvalue weighted by atomic mass is 9.75. The van der Waals surface area contributed by atoms with Crippen LogP contribution < -0.4 is 5.32 Å². The maximum Gasteiger partial charge on any atom is 0.142 e. The largest absolute Gasteiger partial charge is 0.313 e. The highest BCUT2D eigenvalue weighted by Gasteiger charge is 2.30. The van der Waals surface area contributed by atoms with E-state index in [2.05, 4.69) is 12.2 Å². The topological polar surface area (TPSA) is 12.0 Å². The van der Waals surface area contributed by atoms with E-state index < -0.39 is 11.6 Å². The molecule has 1 fully saturated rings. The zero-order chi connectivity index (χ0) is 14.7. The predicted molar refractivity (Wildman–Crippen MR) is 78.9 cm³/mol. The molecule has 0 saturated heterocycles. The van der Waals surface area contributed by atoms with Gasteiger partial charge in [-0.1, -0.05) is 37.8 Å². The number of hydrogen-bond acceptors (Lipinski definition) is 1. The second kappa shape index (κ2) is 6.86. The molecule has 0 aromatic heterocycles. The molecular weight excluding hydrogens is 280 g/mol. The van der Waals surface area contributed by atoms with Crippen LogP contribution in [0.2, 0.25) is 5.02 Å². The lowest BCUT2D eigenvalue weighted by Crippen LogP contribution is -2.30. The summed E-state index contributed by atoms with van der Waals surface area (Å²) < 4.78 is 27.7. The molecule has 2 rings (SSSR count). The second-order valence-corrected chi connectivity index (χ2v) is 6.16. The van der Waals surface area contributed by atoms with Crippen molar-refractivity contribution in [1.82, 2.24) is 5.32 Å². The zero-order valence-corrected chi connectivity index (χ0v) is 12.8. The first-order valence-electron chi connectivity index (χ1n) is 7.38. The third-order valence-electron chi connectivity index (χ3n) is 4.56. The summed E-state index contributed by atoms with van der Waals surface area (Å²) >= 11 is 5.63. The van der Waals surface area contributed by atoms with Crippen LogP contribution in [-0.4, -0.2) is 7.05 Å². The Kier molecular flexibility index (Phi) is 5.39. The Labute approximate surface area is 124 Å². The van der Waals surface area contributed by atoms with E-state index in [1.165, 1.54) is 18.9 Å². The molecule has 1 aromatic rings. The van der Waals surface area contributed by atoms with Crippen molar-refractivity contribution in [3.05, 3.63) is 34.4 Å². The molecule has 1 N–H and O–H groups in total. The summed E-state index contributed by atoms with van der Waals surface area (Å²) in [6.07, 6.45) is 5.71. The third kappa shape index (κ3) is 3.32. The molecule has 3 atom stereocenters. The van der Waals surface area contributed by atoms with Crippen molar-refractivity contribution in [2.45, 2.75) is 45.1 Å². The Balaban J connectivity index is 2.25. The molecule has 0 heterocycles. The van der Waals surface area contributed by atoms with Crippen LogP contribution in [0.4, 0.5) is 8.78 Å². The maximum absolute atomic E-state index is 14.1. The van der Waals surface area contributed by atoms with Gasteiger partial charge in [-0.25, -0.2) is 8.78 Å². The molecule has 1 saturated carbocycles. The van der Waals surface area contributed by atoms with E-state index in [1.54, 1.807) is 0 Å². The lowest BCUT2D eigenvalue weighted by Gasteiger charge is -2.34. The van der Waals surface area contributed by atoms with Gasteiger partial charge in [0, 0.05) is 11.6 Å². The Morgan fingerprint density at radius 2 is 2.05 bits per heavy atom. The Morgan fingerprint density at radius 1 is 1.30 bits per heavy atom. The summed E-state index contributed by atoms with van der Waals surface area (Å²) in [6, 6.07) is 2.18. The molecule has 0 bridgehead atoms. The highest BCUT2D eigenvalue weighted by atomic mass is 35.5. The highest BCUT2D eigenvalue weighted by Crippen LogP contribution is 2.39.